The molecule has 0 heterocycles. The Morgan fingerprint density at radius 3 is 2.16 bits per heavy atom. The molecule has 0 fully saturated rings. The minimum atomic E-state index is -4.16. The first kappa shape index (κ1) is 25.0. The smallest absolute Gasteiger partial charge is 0.340 e. The second-order valence-electron chi connectivity index (χ2n) is 7.43. The third-order valence-corrected chi connectivity index (χ3v) is 5.97. The van der Waals surface area contributed by atoms with Crippen molar-refractivity contribution in [1.29, 1.82) is 0 Å². The third kappa shape index (κ3) is 5.70. The Balaban J connectivity index is 2.49. The number of benzene rings is 2. The summed E-state index contributed by atoms with van der Waals surface area (Å²) >= 11 is 0. The van der Waals surface area contributed by atoms with E-state index in [0.717, 1.165) is 0 Å². The van der Waals surface area contributed by atoms with Crippen LogP contribution in [0.25, 0.3) is 0 Å². The van der Waals surface area contributed by atoms with E-state index in [1.807, 2.05) is 13.8 Å². The van der Waals surface area contributed by atoms with Gasteiger partial charge < -0.3 is 19.5 Å². The molecule has 2 N–H and O–H groups in total. The van der Waals surface area contributed by atoms with Gasteiger partial charge in [0.1, 0.15) is 0 Å². The molecule has 0 aromatic heterocycles. The molecule has 0 spiro atoms. The molecule has 0 aliphatic rings. The van der Waals surface area contributed by atoms with E-state index < -0.39 is 16.0 Å². The summed E-state index contributed by atoms with van der Waals surface area (Å²) in [6.45, 7) is 6.10. The standard InChI is InChI=1S/C22H28N2O7S/c1-13(2)12-23-21(25)16-9-15(8-7-14(16)3)32(27,28)24-18-11-20(30-5)19(29-4)10-17(18)22(26)31-6/h7-11,13,24H,12H2,1-6H3,(H,23,25). The van der Waals surface area contributed by atoms with Crippen molar-refractivity contribution in [3.8, 4) is 11.5 Å². The highest BCUT2D eigenvalue weighted by Gasteiger charge is 2.24. The number of ether oxygens (including phenoxy) is 3. The van der Waals surface area contributed by atoms with Crippen LogP contribution in [0.2, 0.25) is 0 Å². The maximum atomic E-state index is 13.1. The predicted octanol–water partition coefficient (Wildman–Crippen LogP) is 2.99. The van der Waals surface area contributed by atoms with Crippen molar-refractivity contribution in [2.75, 3.05) is 32.6 Å². The van der Waals surface area contributed by atoms with Gasteiger partial charge in [-0.1, -0.05) is 19.9 Å². The maximum absolute atomic E-state index is 13.1. The van der Waals surface area contributed by atoms with Crippen molar-refractivity contribution in [2.24, 2.45) is 5.92 Å². The second kappa shape index (κ2) is 10.4. The van der Waals surface area contributed by atoms with E-state index in [1.54, 1.807) is 13.0 Å². The normalized spacial score (nSPS) is 11.1. The summed E-state index contributed by atoms with van der Waals surface area (Å²) < 4.78 is 43.7. The predicted molar refractivity (Wildman–Crippen MR) is 120 cm³/mol. The van der Waals surface area contributed by atoms with E-state index in [-0.39, 0.29) is 45.0 Å². The lowest BCUT2D eigenvalue weighted by Gasteiger charge is -2.16. The molecule has 2 rings (SSSR count). The number of hydrogen-bond acceptors (Lipinski definition) is 7. The van der Waals surface area contributed by atoms with Gasteiger partial charge >= 0.3 is 5.97 Å². The molecule has 9 nitrogen and oxygen atoms in total. The largest absolute Gasteiger partial charge is 0.493 e. The molecule has 0 unspecified atom stereocenters. The fraction of sp³-hybridized carbons (Fsp3) is 0.364. The summed E-state index contributed by atoms with van der Waals surface area (Å²) in [5, 5.41) is 2.78. The molecule has 0 aliphatic heterocycles. The fourth-order valence-electron chi connectivity index (χ4n) is 2.85. The average molecular weight is 465 g/mol. The Morgan fingerprint density at radius 1 is 0.969 bits per heavy atom. The molecule has 0 bridgehead atoms. The minimum absolute atomic E-state index is 0.0547. The zero-order chi connectivity index (χ0) is 24.1. The lowest BCUT2D eigenvalue weighted by atomic mass is 10.1. The molecule has 10 heteroatoms. The van der Waals surface area contributed by atoms with Gasteiger partial charge in [0.2, 0.25) is 0 Å². The van der Waals surface area contributed by atoms with Gasteiger partial charge in [-0.25, -0.2) is 13.2 Å². The van der Waals surface area contributed by atoms with Crippen LogP contribution in [0, 0.1) is 12.8 Å². The quantitative estimate of drug-likeness (QED) is 0.548. The van der Waals surface area contributed by atoms with Gasteiger partial charge in [0.15, 0.2) is 11.5 Å². The molecular weight excluding hydrogens is 436 g/mol. The summed E-state index contributed by atoms with van der Waals surface area (Å²) in [7, 11) is -0.206. The van der Waals surface area contributed by atoms with Crippen molar-refractivity contribution in [2.45, 2.75) is 25.7 Å². The Labute approximate surface area is 188 Å². The molecule has 2 aromatic carbocycles. The average Bonchev–Trinajstić information content (AvgIpc) is 2.76. The fourth-order valence-corrected chi connectivity index (χ4v) is 3.95. The Kier molecular flexibility index (Phi) is 8.09. The van der Waals surface area contributed by atoms with Crippen LogP contribution < -0.4 is 19.5 Å². The van der Waals surface area contributed by atoms with Crippen molar-refractivity contribution in [3.05, 3.63) is 47.0 Å². The van der Waals surface area contributed by atoms with Gasteiger partial charge in [-0.2, -0.15) is 0 Å². The topological polar surface area (TPSA) is 120 Å². The van der Waals surface area contributed by atoms with Gasteiger partial charge in [0, 0.05) is 24.2 Å². The number of esters is 1. The highest BCUT2D eigenvalue weighted by molar-refractivity contribution is 7.92. The van der Waals surface area contributed by atoms with Crippen LogP contribution in [0.5, 0.6) is 11.5 Å². The van der Waals surface area contributed by atoms with Crippen molar-refractivity contribution >= 4 is 27.6 Å². The van der Waals surface area contributed by atoms with Gasteiger partial charge in [-0.3, -0.25) is 9.52 Å². The van der Waals surface area contributed by atoms with E-state index in [2.05, 4.69) is 10.0 Å². The molecule has 2 aromatic rings. The molecule has 0 saturated carbocycles. The molecule has 0 radical (unpaired) electrons. The number of carbonyl (C=O) groups is 2. The zero-order valence-corrected chi connectivity index (χ0v) is 19.8. The summed E-state index contributed by atoms with van der Waals surface area (Å²) in [5.41, 5.74) is 0.761. The first-order valence-electron chi connectivity index (χ1n) is 9.80. The van der Waals surface area contributed by atoms with Crippen molar-refractivity contribution in [1.82, 2.24) is 5.32 Å². The van der Waals surface area contributed by atoms with Crippen LogP contribution in [0.1, 0.15) is 40.1 Å². The summed E-state index contributed by atoms with van der Waals surface area (Å²) in [5.74, 6) is -0.434. The first-order valence-corrected chi connectivity index (χ1v) is 11.3. The second-order valence-corrected chi connectivity index (χ2v) is 9.11. The lowest BCUT2D eigenvalue weighted by Crippen LogP contribution is -2.28. The molecule has 0 saturated heterocycles. The minimum Gasteiger partial charge on any atom is -0.493 e. The van der Waals surface area contributed by atoms with E-state index in [1.165, 1.54) is 45.6 Å². The van der Waals surface area contributed by atoms with Gasteiger partial charge in [-0.15, -0.1) is 0 Å². The number of anilines is 1. The van der Waals surface area contributed by atoms with E-state index in [0.29, 0.717) is 12.1 Å². The van der Waals surface area contributed by atoms with Gasteiger partial charge in [-0.05, 0) is 30.5 Å². The summed E-state index contributed by atoms with van der Waals surface area (Å²) in [6, 6.07) is 6.88. The van der Waals surface area contributed by atoms with E-state index >= 15 is 0 Å². The van der Waals surface area contributed by atoms with Gasteiger partial charge in [0.25, 0.3) is 15.9 Å². The Morgan fingerprint density at radius 2 is 1.59 bits per heavy atom. The third-order valence-electron chi connectivity index (χ3n) is 4.61. The van der Waals surface area contributed by atoms with Crippen LogP contribution in [0.15, 0.2) is 35.2 Å². The molecule has 1 amide bonds. The first-order chi connectivity index (χ1) is 15.0. The van der Waals surface area contributed by atoms with E-state index in [4.69, 9.17) is 14.2 Å². The molecule has 0 aliphatic carbocycles. The molecule has 32 heavy (non-hydrogen) atoms. The number of hydrogen-bond donors (Lipinski definition) is 2. The number of sulfonamides is 1. The van der Waals surface area contributed by atoms with Crippen LogP contribution >= 0.6 is 0 Å². The Hall–Kier alpha value is -3.27. The molecular formula is C22H28N2O7S. The number of rotatable bonds is 9. The summed E-state index contributed by atoms with van der Waals surface area (Å²) in [6.07, 6.45) is 0. The van der Waals surface area contributed by atoms with Crippen LogP contribution in [-0.2, 0) is 14.8 Å². The maximum Gasteiger partial charge on any atom is 0.340 e. The van der Waals surface area contributed by atoms with Crippen LogP contribution in [0.4, 0.5) is 5.69 Å². The Bertz CT molecular complexity index is 1110. The molecule has 174 valence electrons. The van der Waals surface area contributed by atoms with E-state index in [9.17, 15) is 18.0 Å². The number of amides is 1. The highest BCUT2D eigenvalue weighted by Crippen LogP contribution is 2.35. The van der Waals surface area contributed by atoms with Gasteiger partial charge in [0.05, 0.1) is 37.5 Å². The summed E-state index contributed by atoms with van der Waals surface area (Å²) in [4.78, 5) is 24.6. The number of carbonyl (C=O) groups excluding carboxylic acids is 2. The van der Waals surface area contributed by atoms with Crippen molar-refractivity contribution < 1.29 is 32.2 Å². The number of methoxy groups -OCH3 is 3. The molecule has 0 atom stereocenters. The number of aryl methyl sites for hydroxylation is 1. The monoisotopic (exact) mass is 464 g/mol. The SMILES string of the molecule is COC(=O)c1cc(OC)c(OC)cc1NS(=O)(=O)c1ccc(C)c(C(=O)NCC(C)C)c1. The number of nitrogens with one attached hydrogen (secondary N) is 2. The zero-order valence-electron chi connectivity index (χ0n) is 18.9. The van der Waals surface area contributed by atoms with Crippen LogP contribution in [0.3, 0.4) is 0 Å². The lowest BCUT2D eigenvalue weighted by molar-refractivity contribution is 0.0601. The van der Waals surface area contributed by atoms with Crippen molar-refractivity contribution in [3.63, 3.8) is 0 Å². The van der Waals surface area contributed by atoms with Crippen LogP contribution in [-0.4, -0.2) is 48.2 Å². The highest BCUT2D eigenvalue weighted by atomic mass is 32.2.